The average molecular weight is 452 g/mol. The first-order valence-corrected chi connectivity index (χ1v) is 9.73. The van der Waals surface area contributed by atoms with Gasteiger partial charge in [0, 0.05) is 19.3 Å². The predicted molar refractivity (Wildman–Crippen MR) is 95.1 cm³/mol. The number of aliphatic hydroxyl groups is 2. The number of nitrogens with zero attached hydrogens (tertiary/aromatic N) is 2. The van der Waals surface area contributed by atoms with Crippen LogP contribution in [0.1, 0.15) is 12.6 Å². The lowest BCUT2D eigenvalue weighted by Crippen LogP contribution is -2.45. The van der Waals surface area contributed by atoms with Gasteiger partial charge < -0.3 is 25.8 Å². The summed E-state index contributed by atoms with van der Waals surface area (Å²) >= 11 is 0. The molecule has 1 saturated heterocycles. The monoisotopic (exact) mass is 452 g/mol. The zero-order valence-electron chi connectivity index (χ0n) is 15.4. The summed E-state index contributed by atoms with van der Waals surface area (Å²) in [6, 6.07) is -0.634. The maximum atomic E-state index is 12.1. The van der Waals surface area contributed by atoms with Crippen molar-refractivity contribution in [2.75, 3.05) is 6.61 Å². The third-order valence-electron chi connectivity index (χ3n) is 4.17. The zero-order chi connectivity index (χ0) is 22.8. The van der Waals surface area contributed by atoms with Crippen LogP contribution in [-0.2, 0) is 35.9 Å². The van der Waals surface area contributed by atoms with Crippen molar-refractivity contribution in [2.45, 2.75) is 37.0 Å². The second-order valence-corrected chi connectivity index (χ2v) is 7.71. The minimum Gasteiger partial charge on any atom is -0.481 e. The highest BCUT2D eigenvalue weighted by atomic mass is 32.2. The molecule has 16 heteroatoms. The highest BCUT2D eigenvalue weighted by Gasteiger charge is 2.45. The van der Waals surface area contributed by atoms with Crippen molar-refractivity contribution in [3.8, 4) is 0 Å². The van der Waals surface area contributed by atoms with E-state index in [1.54, 1.807) is 0 Å². The van der Waals surface area contributed by atoms with E-state index in [0.717, 1.165) is 21.4 Å². The van der Waals surface area contributed by atoms with Gasteiger partial charge in [-0.3, -0.25) is 27.7 Å². The number of aromatic nitrogens is 2. The van der Waals surface area contributed by atoms with E-state index in [1.165, 1.54) is 11.8 Å². The fraction of sp³-hybridized carbons (Fsp3) is 0.571. The molecule has 1 aromatic heterocycles. The lowest BCUT2D eigenvalue weighted by Gasteiger charge is -2.17. The summed E-state index contributed by atoms with van der Waals surface area (Å²) in [5.74, 6) is -2.76. The predicted octanol–water partition coefficient (Wildman–Crippen LogP) is -4.65. The van der Waals surface area contributed by atoms with Crippen molar-refractivity contribution < 1.29 is 42.2 Å². The fourth-order valence-corrected chi connectivity index (χ4v) is 3.31. The number of ether oxygens (including phenoxy) is 1. The van der Waals surface area contributed by atoms with Gasteiger partial charge in [-0.1, -0.05) is 0 Å². The number of nitrogens with two attached hydrogens (primary N) is 1. The summed E-state index contributed by atoms with van der Waals surface area (Å²) < 4.78 is 36.4. The summed E-state index contributed by atoms with van der Waals surface area (Å²) in [6.07, 6.45) is -6.03. The first kappa shape index (κ1) is 23.6. The Labute approximate surface area is 168 Å². The van der Waals surface area contributed by atoms with E-state index in [1.807, 2.05) is 0 Å². The first-order chi connectivity index (χ1) is 13.8. The maximum absolute atomic E-state index is 12.1. The third kappa shape index (κ3) is 5.29. The number of hydrogen-bond donors (Lipinski definition) is 5. The molecule has 168 valence electrons. The molecule has 15 nitrogen and oxygen atoms in total. The number of aliphatic hydroxyl groups excluding tert-OH is 2. The Balaban J connectivity index is 2.05. The molecule has 5 atom stereocenters. The molecule has 2 rings (SSSR count). The van der Waals surface area contributed by atoms with Crippen molar-refractivity contribution >= 4 is 22.2 Å². The summed E-state index contributed by atoms with van der Waals surface area (Å²) in [5, 5.41) is 28.7. The van der Waals surface area contributed by atoms with Gasteiger partial charge in [0.05, 0.1) is 19.1 Å². The second kappa shape index (κ2) is 9.02. The molecule has 1 amide bonds. The molecule has 1 aromatic rings. The standard InChI is InChI=1S/C14H20N4O11S/c1-17-8(19)2-3-18(14(17)25)13-11(23)10(22)7(29-13)5-28-30(26,27)16-12(24)6(15)4-9(20)21/h2-3,6-7,10-11,13,22-23H,4-5,15H2,1H3,(H,16,24)(H,20,21)/t6-,7+,10+,11+,13+/m0/s1. The maximum Gasteiger partial charge on any atom is 0.362 e. The van der Waals surface area contributed by atoms with E-state index < -0.39 is 77.0 Å². The molecule has 0 spiro atoms. The van der Waals surface area contributed by atoms with Crippen molar-refractivity contribution in [3.05, 3.63) is 33.1 Å². The molecule has 1 fully saturated rings. The molecule has 30 heavy (non-hydrogen) atoms. The van der Waals surface area contributed by atoms with Gasteiger partial charge in [0.2, 0.25) is 0 Å². The quantitative estimate of drug-likeness (QED) is 0.251. The normalized spacial score (nSPS) is 25.1. The van der Waals surface area contributed by atoms with E-state index in [9.17, 15) is 37.8 Å². The van der Waals surface area contributed by atoms with Crippen LogP contribution < -0.4 is 21.7 Å². The van der Waals surface area contributed by atoms with E-state index in [2.05, 4.69) is 4.18 Å². The highest BCUT2D eigenvalue weighted by molar-refractivity contribution is 7.85. The van der Waals surface area contributed by atoms with Crippen LogP contribution in [-0.4, -0.2) is 75.7 Å². The molecule has 0 unspecified atom stereocenters. The van der Waals surface area contributed by atoms with Gasteiger partial charge in [0.25, 0.3) is 11.5 Å². The SMILES string of the molecule is Cn1c(=O)ccn([C@@H]2O[C@H](COS(=O)(=O)NC(=O)[C@@H](N)CC(=O)O)[C@@H](O)[C@H]2O)c1=O. The number of rotatable bonds is 8. The minimum atomic E-state index is -4.75. The Bertz CT molecular complexity index is 1030. The number of amides is 1. The van der Waals surface area contributed by atoms with Crippen LogP contribution in [0.2, 0.25) is 0 Å². The number of carboxylic acids is 1. The van der Waals surface area contributed by atoms with Gasteiger partial charge in [-0.25, -0.2) is 9.52 Å². The molecule has 1 aliphatic heterocycles. The van der Waals surface area contributed by atoms with E-state index >= 15 is 0 Å². The van der Waals surface area contributed by atoms with Crippen LogP contribution in [0.4, 0.5) is 0 Å². The number of carbonyl (C=O) groups is 2. The summed E-state index contributed by atoms with van der Waals surface area (Å²) in [7, 11) is -3.57. The van der Waals surface area contributed by atoms with Crippen LogP contribution >= 0.6 is 0 Å². The van der Waals surface area contributed by atoms with E-state index in [4.69, 9.17) is 15.6 Å². The van der Waals surface area contributed by atoms with Gasteiger partial charge in [-0.05, 0) is 0 Å². The van der Waals surface area contributed by atoms with Gasteiger partial charge in [0.1, 0.15) is 18.3 Å². The Kier molecular flexibility index (Phi) is 7.11. The molecule has 0 aromatic carbocycles. The third-order valence-corrected chi connectivity index (χ3v) is 5.07. The van der Waals surface area contributed by atoms with Crippen LogP contribution in [0.25, 0.3) is 0 Å². The summed E-state index contributed by atoms with van der Waals surface area (Å²) in [4.78, 5) is 45.7. The molecule has 0 saturated carbocycles. The van der Waals surface area contributed by atoms with Crippen LogP contribution in [0, 0.1) is 0 Å². The lowest BCUT2D eigenvalue weighted by atomic mass is 10.1. The topological polar surface area (TPSA) is 229 Å². The number of carboxylic acid groups (broad SMARTS) is 1. The van der Waals surface area contributed by atoms with E-state index in [-0.39, 0.29) is 0 Å². The van der Waals surface area contributed by atoms with Crippen LogP contribution in [0.5, 0.6) is 0 Å². The lowest BCUT2D eigenvalue weighted by molar-refractivity contribution is -0.139. The number of nitrogens with one attached hydrogen (secondary N) is 1. The van der Waals surface area contributed by atoms with E-state index in [0.29, 0.717) is 0 Å². The number of carbonyl (C=O) groups excluding carboxylic acids is 1. The van der Waals surface area contributed by atoms with Gasteiger partial charge >= 0.3 is 22.0 Å². The molecule has 0 aliphatic carbocycles. The molecule has 6 N–H and O–H groups in total. The minimum absolute atomic E-state index is 0.618. The molecule has 1 aliphatic rings. The Morgan fingerprint density at radius 2 is 1.97 bits per heavy atom. The Hall–Kier alpha value is -2.63. The average Bonchev–Trinajstić information content (AvgIpc) is 2.92. The fourth-order valence-electron chi connectivity index (χ4n) is 2.54. The Morgan fingerprint density at radius 3 is 2.57 bits per heavy atom. The van der Waals surface area contributed by atoms with Crippen molar-refractivity contribution in [1.29, 1.82) is 0 Å². The summed E-state index contributed by atoms with van der Waals surface area (Å²) in [5.41, 5.74) is 3.76. The number of hydrogen-bond acceptors (Lipinski definition) is 11. The van der Waals surface area contributed by atoms with Crippen molar-refractivity contribution in [2.24, 2.45) is 12.8 Å². The first-order valence-electron chi connectivity index (χ1n) is 8.32. The molecule has 0 radical (unpaired) electrons. The summed E-state index contributed by atoms with van der Waals surface area (Å²) in [6.45, 7) is -0.869. The smallest absolute Gasteiger partial charge is 0.362 e. The molecule has 0 bridgehead atoms. The van der Waals surface area contributed by atoms with Crippen LogP contribution in [0.15, 0.2) is 21.9 Å². The van der Waals surface area contributed by atoms with Gasteiger partial charge in [-0.15, -0.1) is 0 Å². The Morgan fingerprint density at radius 1 is 1.33 bits per heavy atom. The highest BCUT2D eigenvalue weighted by Crippen LogP contribution is 2.28. The van der Waals surface area contributed by atoms with Crippen molar-refractivity contribution in [3.63, 3.8) is 0 Å². The van der Waals surface area contributed by atoms with Crippen molar-refractivity contribution in [1.82, 2.24) is 13.9 Å². The zero-order valence-corrected chi connectivity index (χ0v) is 16.3. The second-order valence-electron chi connectivity index (χ2n) is 6.36. The van der Waals surface area contributed by atoms with Crippen LogP contribution in [0.3, 0.4) is 0 Å². The molecular formula is C14H20N4O11S. The van der Waals surface area contributed by atoms with Gasteiger partial charge in [-0.2, -0.15) is 8.42 Å². The number of aliphatic carboxylic acids is 1. The van der Waals surface area contributed by atoms with Gasteiger partial charge in [0.15, 0.2) is 6.23 Å². The molecular weight excluding hydrogens is 432 g/mol. The molecule has 2 heterocycles. The largest absolute Gasteiger partial charge is 0.481 e.